The van der Waals surface area contributed by atoms with Crippen molar-refractivity contribution in [1.82, 2.24) is 5.32 Å². The molecule has 5 nitrogen and oxygen atoms in total. The number of rotatable bonds is 7. The van der Waals surface area contributed by atoms with Crippen LogP contribution in [0.25, 0.3) is 0 Å². The zero-order valence-electron chi connectivity index (χ0n) is 14.3. The summed E-state index contributed by atoms with van der Waals surface area (Å²) in [6, 6.07) is 5.66. The van der Waals surface area contributed by atoms with Gasteiger partial charge in [0.05, 0.1) is 20.3 Å². The topological polar surface area (TPSA) is 56.8 Å². The van der Waals surface area contributed by atoms with Crippen LogP contribution < -0.4 is 14.8 Å². The second-order valence-corrected chi connectivity index (χ2v) is 6.00. The summed E-state index contributed by atoms with van der Waals surface area (Å²) >= 11 is 0. The van der Waals surface area contributed by atoms with Crippen molar-refractivity contribution in [2.24, 2.45) is 5.92 Å². The lowest BCUT2D eigenvalue weighted by Crippen LogP contribution is -2.27. The van der Waals surface area contributed by atoms with Crippen molar-refractivity contribution in [2.45, 2.75) is 38.6 Å². The maximum absolute atomic E-state index is 12.1. The van der Waals surface area contributed by atoms with E-state index in [1.807, 2.05) is 25.1 Å². The van der Waals surface area contributed by atoms with Crippen LogP contribution in [0.1, 0.15) is 44.2 Å². The lowest BCUT2D eigenvalue weighted by Gasteiger charge is -2.22. The molecule has 0 radical (unpaired) electrons. The van der Waals surface area contributed by atoms with Gasteiger partial charge in [0.2, 0.25) is 5.91 Å². The van der Waals surface area contributed by atoms with E-state index in [1.54, 1.807) is 14.2 Å². The minimum absolute atomic E-state index is 0.0583. The SMILES string of the molecule is COc1ccc(C(C)NC(=O)CCC2CCOCC2)cc1OC. The van der Waals surface area contributed by atoms with Crippen LogP contribution in [0.2, 0.25) is 0 Å². The predicted octanol–water partition coefficient (Wildman–Crippen LogP) is 3.09. The summed E-state index contributed by atoms with van der Waals surface area (Å²) in [6.45, 7) is 3.64. The highest BCUT2D eigenvalue weighted by Crippen LogP contribution is 2.30. The summed E-state index contributed by atoms with van der Waals surface area (Å²) in [6.07, 6.45) is 3.65. The third kappa shape index (κ3) is 5.13. The molecule has 0 aliphatic carbocycles. The Morgan fingerprint density at radius 3 is 2.61 bits per heavy atom. The number of nitrogens with one attached hydrogen (secondary N) is 1. The molecule has 0 saturated carbocycles. The third-order valence-electron chi connectivity index (χ3n) is 4.41. The van der Waals surface area contributed by atoms with E-state index in [0.717, 1.165) is 38.0 Å². The fourth-order valence-electron chi connectivity index (χ4n) is 2.89. The largest absolute Gasteiger partial charge is 0.493 e. The van der Waals surface area contributed by atoms with E-state index < -0.39 is 0 Å². The zero-order chi connectivity index (χ0) is 16.7. The second kappa shape index (κ2) is 8.77. The normalized spacial score (nSPS) is 16.7. The molecule has 1 aromatic carbocycles. The lowest BCUT2D eigenvalue weighted by molar-refractivity contribution is -0.122. The van der Waals surface area contributed by atoms with Gasteiger partial charge in [0.1, 0.15) is 0 Å². The Balaban J connectivity index is 1.85. The highest BCUT2D eigenvalue weighted by molar-refractivity contribution is 5.76. The first-order valence-corrected chi connectivity index (χ1v) is 8.23. The van der Waals surface area contributed by atoms with Crippen LogP contribution in [0.4, 0.5) is 0 Å². The van der Waals surface area contributed by atoms with Crippen LogP contribution in [0.15, 0.2) is 18.2 Å². The van der Waals surface area contributed by atoms with Gasteiger partial charge >= 0.3 is 0 Å². The molecular formula is C18H27NO4. The molecule has 1 amide bonds. The summed E-state index contributed by atoms with van der Waals surface area (Å²) in [7, 11) is 3.22. The Bertz CT molecular complexity index is 512. The Kier molecular flexibility index (Phi) is 6.71. The molecule has 128 valence electrons. The van der Waals surface area contributed by atoms with E-state index in [9.17, 15) is 4.79 Å². The van der Waals surface area contributed by atoms with Crippen molar-refractivity contribution < 1.29 is 19.0 Å². The van der Waals surface area contributed by atoms with Gasteiger partial charge in [-0.2, -0.15) is 0 Å². The molecule has 1 aromatic rings. The zero-order valence-corrected chi connectivity index (χ0v) is 14.3. The quantitative estimate of drug-likeness (QED) is 0.838. The van der Waals surface area contributed by atoms with Crippen LogP contribution >= 0.6 is 0 Å². The molecule has 1 aliphatic rings. The van der Waals surface area contributed by atoms with Crippen molar-refractivity contribution in [1.29, 1.82) is 0 Å². The van der Waals surface area contributed by atoms with E-state index in [0.29, 0.717) is 23.8 Å². The van der Waals surface area contributed by atoms with Gasteiger partial charge < -0.3 is 19.5 Å². The highest BCUT2D eigenvalue weighted by atomic mass is 16.5. The van der Waals surface area contributed by atoms with E-state index in [4.69, 9.17) is 14.2 Å². The van der Waals surface area contributed by atoms with Crippen molar-refractivity contribution >= 4 is 5.91 Å². The molecule has 0 bridgehead atoms. The number of amides is 1. The summed E-state index contributed by atoms with van der Waals surface area (Å²) in [5.74, 6) is 2.08. The molecule has 0 spiro atoms. The average molecular weight is 321 g/mol. The first kappa shape index (κ1) is 17.6. The van der Waals surface area contributed by atoms with Gasteiger partial charge in [0.15, 0.2) is 11.5 Å². The first-order chi connectivity index (χ1) is 11.1. The fraction of sp³-hybridized carbons (Fsp3) is 0.611. The van der Waals surface area contributed by atoms with Gasteiger partial charge in [0, 0.05) is 19.6 Å². The van der Waals surface area contributed by atoms with E-state index in [1.165, 1.54) is 0 Å². The molecule has 1 heterocycles. The van der Waals surface area contributed by atoms with Crippen molar-refractivity contribution in [3.63, 3.8) is 0 Å². The Morgan fingerprint density at radius 2 is 1.96 bits per heavy atom. The van der Waals surface area contributed by atoms with E-state index >= 15 is 0 Å². The molecule has 5 heteroatoms. The Labute approximate surface area is 138 Å². The van der Waals surface area contributed by atoms with Crippen molar-refractivity contribution in [3.05, 3.63) is 23.8 Å². The number of methoxy groups -OCH3 is 2. The standard InChI is InChI=1S/C18H27NO4/c1-13(15-5-6-16(21-2)17(12-15)22-3)19-18(20)7-4-14-8-10-23-11-9-14/h5-6,12-14H,4,7-11H2,1-3H3,(H,19,20). The minimum atomic E-state index is -0.0583. The van der Waals surface area contributed by atoms with Gasteiger partial charge in [-0.05, 0) is 49.8 Å². The van der Waals surface area contributed by atoms with Gasteiger partial charge in [-0.1, -0.05) is 6.07 Å². The fourth-order valence-corrected chi connectivity index (χ4v) is 2.89. The lowest BCUT2D eigenvalue weighted by atomic mass is 9.94. The van der Waals surface area contributed by atoms with E-state index in [2.05, 4.69) is 5.32 Å². The molecule has 23 heavy (non-hydrogen) atoms. The maximum atomic E-state index is 12.1. The molecule has 1 aliphatic heterocycles. The van der Waals surface area contributed by atoms with Gasteiger partial charge in [-0.25, -0.2) is 0 Å². The smallest absolute Gasteiger partial charge is 0.220 e. The van der Waals surface area contributed by atoms with Gasteiger partial charge in [0.25, 0.3) is 0 Å². The number of carbonyl (C=O) groups is 1. The van der Waals surface area contributed by atoms with Crippen LogP contribution in [0.3, 0.4) is 0 Å². The van der Waals surface area contributed by atoms with Gasteiger partial charge in [-0.15, -0.1) is 0 Å². The van der Waals surface area contributed by atoms with Crippen molar-refractivity contribution in [2.75, 3.05) is 27.4 Å². The number of hydrogen-bond acceptors (Lipinski definition) is 4. The molecule has 1 fully saturated rings. The molecule has 1 atom stereocenters. The molecule has 2 rings (SSSR count). The van der Waals surface area contributed by atoms with Crippen molar-refractivity contribution in [3.8, 4) is 11.5 Å². The van der Waals surface area contributed by atoms with Gasteiger partial charge in [-0.3, -0.25) is 4.79 Å². The minimum Gasteiger partial charge on any atom is -0.493 e. The number of benzene rings is 1. The summed E-state index contributed by atoms with van der Waals surface area (Å²) in [4.78, 5) is 12.1. The second-order valence-electron chi connectivity index (χ2n) is 6.00. The monoisotopic (exact) mass is 321 g/mol. The highest BCUT2D eigenvalue weighted by Gasteiger charge is 2.17. The van der Waals surface area contributed by atoms with Crippen LogP contribution in [-0.4, -0.2) is 33.3 Å². The Morgan fingerprint density at radius 1 is 1.26 bits per heavy atom. The molecule has 1 saturated heterocycles. The first-order valence-electron chi connectivity index (χ1n) is 8.23. The summed E-state index contributed by atoms with van der Waals surface area (Å²) in [5, 5.41) is 3.06. The molecule has 1 N–H and O–H groups in total. The predicted molar refractivity (Wildman–Crippen MR) is 88.9 cm³/mol. The van der Waals surface area contributed by atoms with Crippen LogP contribution in [-0.2, 0) is 9.53 Å². The molecule has 0 aromatic heterocycles. The summed E-state index contributed by atoms with van der Waals surface area (Å²) in [5.41, 5.74) is 1.00. The van der Waals surface area contributed by atoms with Crippen LogP contribution in [0.5, 0.6) is 11.5 Å². The van der Waals surface area contributed by atoms with E-state index in [-0.39, 0.29) is 11.9 Å². The number of ether oxygens (including phenoxy) is 3. The Hall–Kier alpha value is -1.75. The molecule has 1 unspecified atom stereocenters. The average Bonchev–Trinajstić information content (AvgIpc) is 2.60. The number of carbonyl (C=O) groups excluding carboxylic acids is 1. The third-order valence-corrected chi connectivity index (χ3v) is 4.41. The van der Waals surface area contributed by atoms with Crippen LogP contribution in [0, 0.1) is 5.92 Å². The molecular weight excluding hydrogens is 294 g/mol. The maximum Gasteiger partial charge on any atom is 0.220 e. The summed E-state index contributed by atoms with van der Waals surface area (Å²) < 4.78 is 15.9. The number of hydrogen-bond donors (Lipinski definition) is 1.